The molecular weight excluding hydrogens is 208 g/mol. The van der Waals surface area contributed by atoms with Gasteiger partial charge in [0.15, 0.2) is 0 Å². The summed E-state index contributed by atoms with van der Waals surface area (Å²) in [5, 5.41) is 2.76. The summed E-state index contributed by atoms with van der Waals surface area (Å²) in [6.07, 6.45) is 0.793. The lowest BCUT2D eigenvalue weighted by Gasteiger charge is -2.18. The SMILES string of the molecule is CC(C)(C)OCC(=O)NCCCOCCN. The summed E-state index contributed by atoms with van der Waals surface area (Å²) in [5.41, 5.74) is 4.98. The van der Waals surface area contributed by atoms with Gasteiger partial charge in [-0.2, -0.15) is 0 Å². The minimum absolute atomic E-state index is 0.0891. The summed E-state index contributed by atoms with van der Waals surface area (Å²) >= 11 is 0. The second-order valence-corrected chi connectivity index (χ2v) is 4.51. The van der Waals surface area contributed by atoms with Crippen molar-refractivity contribution in [1.82, 2.24) is 5.32 Å². The normalized spacial score (nSPS) is 11.5. The molecule has 0 heterocycles. The van der Waals surface area contributed by atoms with Crippen LogP contribution in [0, 0.1) is 0 Å². The molecule has 16 heavy (non-hydrogen) atoms. The smallest absolute Gasteiger partial charge is 0.246 e. The number of ether oxygens (including phenoxy) is 2. The second-order valence-electron chi connectivity index (χ2n) is 4.51. The molecule has 0 radical (unpaired) electrons. The number of hydrogen-bond acceptors (Lipinski definition) is 4. The van der Waals surface area contributed by atoms with E-state index in [-0.39, 0.29) is 18.1 Å². The largest absolute Gasteiger partial charge is 0.380 e. The number of rotatable bonds is 8. The summed E-state index contributed by atoms with van der Waals surface area (Å²) in [4.78, 5) is 11.3. The average molecular weight is 232 g/mol. The van der Waals surface area contributed by atoms with E-state index in [1.165, 1.54) is 0 Å². The molecule has 0 aliphatic carbocycles. The highest BCUT2D eigenvalue weighted by molar-refractivity contribution is 5.77. The average Bonchev–Trinajstić information content (AvgIpc) is 2.19. The Kier molecular flexibility index (Phi) is 8.15. The molecule has 0 unspecified atom stereocenters. The van der Waals surface area contributed by atoms with Crippen molar-refractivity contribution in [3.05, 3.63) is 0 Å². The first kappa shape index (κ1) is 15.3. The van der Waals surface area contributed by atoms with Crippen LogP contribution >= 0.6 is 0 Å². The van der Waals surface area contributed by atoms with Crippen LogP contribution in [0.5, 0.6) is 0 Å². The Balaban J connectivity index is 3.31. The molecule has 0 atom stereocenters. The molecule has 1 amide bonds. The summed E-state index contributed by atoms with van der Waals surface area (Å²) in [6, 6.07) is 0. The van der Waals surface area contributed by atoms with Gasteiger partial charge in [0, 0.05) is 19.7 Å². The van der Waals surface area contributed by atoms with E-state index in [2.05, 4.69) is 5.32 Å². The van der Waals surface area contributed by atoms with Crippen LogP contribution in [0.2, 0.25) is 0 Å². The molecule has 96 valence electrons. The minimum Gasteiger partial charge on any atom is -0.380 e. The van der Waals surface area contributed by atoms with Crippen molar-refractivity contribution in [2.24, 2.45) is 5.73 Å². The zero-order valence-electron chi connectivity index (χ0n) is 10.5. The fourth-order valence-corrected chi connectivity index (χ4v) is 0.921. The number of hydrogen-bond donors (Lipinski definition) is 2. The zero-order chi connectivity index (χ0) is 12.4. The lowest BCUT2D eigenvalue weighted by molar-refractivity contribution is -0.130. The van der Waals surface area contributed by atoms with Crippen LogP contribution in [-0.2, 0) is 14.3 Å². The molecule has 0 aromatic heterocycles. The molecule has 0 aromatic carbocycles. The van der Waals surface area contributed by atoms with Gasteiger partial charge in [0.1, 0.15) is 6.61 Å². The number of carbonyl (C=O) groups excluding carboxylic acids is 1. The van der Waals surface area contributed by atoms with Gasteiger partial charge in [-0.1, -0.05) is 0 Å². The molecular formula is C11H24N2O3. The zero-order valence-corrected chi connectivity index (χ0v) is 10.5. The third kappa shape index (κ3) is 11.4. The van der Waals surface area contributed by atoms with Crippen molar-refractivity contribution in [1.29, 1.82) is 0 Å². The van der Waals surface area contributed by atoms with E-state index in [4.69, 9.17) is 15.2 Å². The van der Waals surface area contributed by atoms with Gasteiger partial charge < -0.3 is 20.5 Å². The molecule has 0 saturated heterocycles. The number of nitrogens with two attached hydrogens (primary N) is 1. The molecule has 0 bridgehead atoms. The van der Waals surface area contributed by atoms with Crippen molar-refractivity contribution in [2.75, 3.05) is 32.9 Å². The topological polar surface area (TPSA) is 73.6 Å². The summed E-state index contributed by atoms with van der Waals surface area (Å²) < 4.78 is 10.5. The predicted octanol–water partition coefficient (Wildman–Crippen LogP) is 0.283. The number of amides is 1. The molecule has 0 saturated carbocycles. The highest BCUT2D eigenvalue weighted by Crippen LogP contribution is 2.05. The third-order valence-electron chi connectivity index (χ3n) is 1.69. The maximum atomic E-state index is 11.3. The van der Waals surface area contributed by atoms with Crippen LogP contribution in [0.4, 0.5) is 0 Å². The van der Waals surface area contributed by atoms with Crippen LogP contribution in [0.3, 0.4) is 0 Å². The molecule has 5 nitrogen and oxygen atoms in total. The van der Waals surface area contributed by atoms with Crippen LogP contribution in [-0.4, -0.2) is 44.4 Å². The van der Waals surface area contributed by atoms with Crippen LogP contribution in [0.15, 0.2) is 0 Å². The molecule has 5 heteroatoms. The molecule has 0 aliphatic heterocycles. The molecule has 3 N–H and O–H groups in total. The molecule has 0 aliphatic rings. The Morgan fingerprint density at radius 2 is 2.00 bits per heavy atom. The lowest BCUT2D eigenvalue weighted by atomic mass is 10.2. The van der Waals surface area contributed by atoms with Gasteiger partial charge in [-0.15, -0.1) is 0 Å². The Morgan fingerprint density at radius 1 is 1.31 bits per heavy atom. The van der Waals surface area contributed by atoms with E-state index >= 15 is 0 Å². The van der Waals surface area contributed by atoms with Gasteiger partial charge in [-0.25, -0.2) is 0 Å². The van der Waals surface area contributed by atoms with Crippen molar-refractivity contribution in [2.45, 2.75) is 32.8 Å². The standard InChI is InChI=1S/C11H24N2O3/c1-11(2,3)16-9-10(14)13-6-4-7-15-8-5-12/h4-9,12H2,1-3H3,(H,13,14). The highest BCUT2D eigenvalue weighted by Gasteiger charge is 2.12. The fourth-order valence-electron chi connectivity index (χ4n) is 0.921. The number of carbonyl (C=O) groups is 1. The second kappa shape index (κ2) is 8.50. The van der Waals surface area contributed by atoms with E-state index in [0.717, 1.165) is 6.42 Å². The molecule has 0 fully saturated rings. The molecule has 0 aromatic rings. The van der Waals surface area contributed by atoms with Gasteiger partial charge in [0.05, 0.1) is 12.2 Å². The van der Waals surface area contributed by atoms with Gasteiger partial charge >= 0.3 is 0 Å². The third-order valence-corrected chi connectivity index (χ3v) is 1.69. The fraction of sp³-hybridized carbons (Fsp3) is 0.909. The first-order chi connectivity index (χ1) is 7.45. The molecule has 0 spiro atoms. The van der Waals surface area contributed by atoms with E-state index in [0.29, 0.717) is 26.3 Å². The predicted molar refractivity (Wildman–Crippen MR) is 63.2 cm³/mol. The van der Waals surface area contributed by atoms with Crippen molar-refractivity contribution >= 4 is 5.91 Å². The monoisotopic (exact) mass is 232 g/mol. The van der Waals surface area contributed by atoms with Crippen molar-refractivity contribution in [3.63, 3.8) is 0 Å². The lowest BCUT2D eigenvalue weighted by Crippen LogP contribution is -2.33. The van der Waals surface area contributed by atoms with E-state index in [9.17, 15) is 4.79 Å². The van der Waals surface area contributed by atoms with Crippen LogP contribution in [0.1, 0.15) is 27.2 Å². The quantitative estimate of drug-likeness (QED) is 0.590. The van der Waals surface area contributed by atoms with Crippen molar-refractivity contribution < 1.29 is 14.3 Å². The van der Waals surface area contributed by atoms with E-state index in [1.54, 1.807) is 0 Å². The Labute approximate surface area is 97.7 Å². The van der Waals surface area contributed by atoms with Crippen LogP contribution in [0.25, 0.3) is 0 Å². The highest BCUT2D eigenvalue weighted by atomic mass is 16.5. The van der Waals surface area contributed by atoms with Crippen molar-refractivity contribution in [3.8, 4) is 0 Å². The maximum Gasteiger partial charge on any atom is 0.246 e. The van der Waals surface area contributed by atoms with Gasteiger partial charge in [-0.05, 0) is 27.2 Å². The summed E-state index contributed by atoms with van der Waals surface area (Å²) in [5.74, 6) is -0.0891. The molecule has 0 rings (SSSR count). The summed E-state index contributed by atoms with van der Waals surface area (Å²) in [6.45, 7) is 8.19. The van der Waals surface area contributed by atoms with E-state index < -0.39 is 0 Å². The Hall–Kier alpha value is -0.650. The summed E-state index contributed by atoms with van der Waals surface area (Å²) in [7, 11) is 0. The van der Waals surface area contributed by atoms with E-state index in [1.807, 2.05) is 20.8 Å². The van der Waals surface area contributed by atoms with Gasteiger partial charge in [-0.3, -0.25) is 4.79 Å². The Bertz CT molecular complexity index is 190. The first-order valence-electron chi connectivity index (χ1n) is 5.64. The van der Waals surface area contributed by atoms with Crippen LogP contribution < -0.4 is 11.1 Å². The maximum absolute atomic E-state index is 11.3. The Morgan fingerprint density at radius 3 is 2.56 bits per heavy atom. The minimum atomic E-state index is -0.276. The van der Waals surface area contributed by atoms with Gasteiger partial charge in [0.2, 0.25) is 5.91 Å². The number of nitrogens with one attached hydrogen (secondary N) is 1. The van der Waals surface area contributed by atoms with Gasteiger partial charge in [0.25, 0.3) is 0 Å². The first-order valence-corrected chi connectivity index (χ1v) is 5.64.